The maximum atomic E-state index is 12.5. The zero-order valence-electron chi connectivity index (χ0n) is 16.3. The summed E-state index contributed by atoms with van der Waals surface area (Å²) in [6, 6.07) is 22.0. The van der Waals surface area contributed by atoms with E-state index in [4.69, 9.17) is 9.47 Å². The first-order chi connectivity index (χ1) is 14.6. The smallest absolute Gasteiger partial charge is 0.340 e. The molecule has 152 valence electrons. The molecule has 0 unspecified atom stereocenters. The van der Waals surface area contributed by atoms with Crippen molar-refractivity contribution in [2.45, 2.75) is 0 Å². The Hall–Kier alpha value is -4.13. The second kappa shape index (κ2) is 9.88. The van der Waals surface area contributed by atoms with Crippen LogP contribution in [0.15, 0.2) is 78.9 Å². The van der Waals surface area contributed by atoms with Crippen molar-refractivity contribution < 1.29 is 23.9 Å². The van der Waals surface area contributed by atoms with Crippen molar-refractivity contribution in [3.8, 4) is 5.75 Å². The van der Waals surface area contributed by atoms with Crippen molar-refractivity contribution in [1.29, 1.82) is 0 Å². The number of para-hydroxylation sites is 3. The van der Waals surface area contributed by atoms with Crippen LogP contribution in [0.5, 0.6) is 5.75 Å². The average molecular weight is 404 g/mol. The number of carbonyl (C=O) groups is 3. The van der Waals surface area contributed by atoms with Gasteiger partial charge in [-0.1, -0.05) is 42.5 Å². The normalized spacial score (nSPS) is 10.0. The Morgan fingerprint density at radius 1 is 0.767 bits per heavy atom. The first-order valence-corrected chi connectivity index (χ1v) is 9.14. The third-order valence-electron chi connectivity index (χ3n) is 4.15. The first-order valence-electron chi connectivity index (χ1n) is 9.14. The van der Waals surface area contributed by atoms with Crippen LogP contribution in [0.3, 0.4) is 0 Å². The fraction of sp³-hybridized carbons (Fsp3) is 0.0870. The van der Waals surface area contributed by atoms with Crippen LogP contribution < -0.4 is 15.4 Å². The lowest BCUT2D eigenvalue weighted by Crippen LogP contribution is -2.22. The van der Waals surface area contributed by atoms with Crippen LogP contribution in [0.4, 0.5) is 11.4 Å². The summed E-state index contributed by atoms with van der Waals surface area (Å²) in [5.41, 5.74) is 1.36. The fourth-order valence-electron chi connectivity index (χ4n) is 2.70. The Bertz CT molecular complexity index is 1050. The van der Waals surface area contributed by atoms with Gasteiger partial charge in [0, 0.05) is 5.56 Å². The highest BCUT2D eigenvalue weighted by atomic mass is 16.5. The van der Waals surface area contributed by atoms with Crippen LogP contribution in [0.1, 0.15) is 20.7 Å². The van der Waals surface area contributed by atoms with E-state index in [0.717, 1.165) is 0 Å². The minimum Gasteiger partial charge on any atom is -0.495 e. The number of benzene rings is 3. The van der Waals surface area contributed by atoms with Crippen LogP contribution in [-0.4, -0.2) is 31.5 Å². The Morgan fingerprint density at radius 3 is 2.13 bits per heavy atom. The highest BCUT2D eigenvalue weighted by Crippen LogP contribution is 2.23. The van der Waals surface area contributed by atoms with E-state index in [1.807, 2.05) is 0 Å². The molecule has 3 rings (SSSR count). The van der Waals surface area contributed by atoms with Crippen molar-refractivity contribution >= 4 is 29.2 Å². The van der Waals surface area contributed by atoms with Gasteiger partial charge in [0.15, 0.2) is 6.61 Å². The third-order valence-corrected chi connectivity index (χ3v) is 4.15. The van der Waals surface area contributed by atoms with Gasteiger partial charge in [-0.15, -0.1) is 0 Å². The molecule has 0 heterocycles. The number of hydrogen-bond acceptors (Lipinski definition) is 5. The summed E-state index contributed by atoms with van der Waals surface area (Å²) < 4.78 is 10.3. The second-order valence-electron chi connectivity index (χ2n) is 6.19. The molecule has 2 N–H and O–H groups in total. The lowest BCUT2D eigenvalue weighted by Gasteiger charge is -2.12. The van der Waals surface area contributed by atoms with E-state index >= 15 is 0 Å². The van der Waals surface area contributed by atoms with Gasteiger partial charge in [0.05, 0.1) is 24.0 Å². The van der Waals surface area contributed by atoms with Crippen molar-refractivity contribution in [1.82, 2.24) is 0 Å². The van der Waals surface area contributed by atoms with Gasteiger partial charge in [-0.3, -0.25) is 9.59 Å². The van der Waals surface area contributed by atoms with E-state index in [-0.39, 0.29) is 11.5 Å². The molecule has 3 aromatic rings. The molecule has 0 aliphatic heterocycles. The summed E-state index contributed by atoms with van der Waals surface area (Å²) in [4.78, 5) is 37.0. The number of rotatable bonds is 7. The molecule has 0 fully saturated rings. The summed E-state index contributed by atoms with van der Waals surface area (Å²) in [5.74, 6) is -1.11. The molecule has 0 radical (unpaired) electrons. The lowest BCUT2D eigenvalue weighted by atomic mass is 10.1. The van der Waals surface area contributed by atoms with Crippen LogP contribution in [0.25, 0.3) is 0 Å². The Labute approximate surface area is 173 Å². The molecule has 7 heteroatoms. The zero-order valence-corrected chi connectivity index (χ0v) is 16.3. The second-order valence-corrected chi connectivity index (χ2v) is 6.19. The quantitative estimate of drug-likeness (QED) is 0.585. The fourth-order valence-corrected chi connectivity index (χ4v) is 2.70. The largest absolute Gasteiger partial charge is 0.495 e. The maximum absolute atomic E-state index is 12.5. The van der Waals surface area contributed by atoms with Crippen molar-refractivity contribution in [2.75, 3.05) is 24.4 Å². The number of nitrogens with one attached hydrogen (secondary N) is 2. The highest BCUT2D eigenvalue weighted by molar-refractivity contribution is 6.08. The molecule has 0 bridgehead atoms. The molecule has 0 aliphatic rings. The molecule has 0 spiro atoms. The van der Waals surface area contributed by atoms with Crippen LogP contribution >= 0.6 is 0 Å². The number of methoxy groups -OCH3 is 1. The number of ether oxygens (including phenoxy) is 2. The Morgan fingerprint density at radius 2 is 1.40 bits per heavy atom. The molecule has 0 saturated carbocycles. The van der Waals surface area contributed by atoms with E-state index in [1.54, 1.807) is 72.8 Å². The van der Waals surface area contributed by atoms with Crippen molar-refractivity contribution in [3.63, 3.8) is 0 Å². The number of esters is 1. The Balaban J connectivity index is 1.63. The number of anilines is 2. The van der Waals surface area contributed by atoms with E-state index < -0.39 is 18.5 Å². The molecule has 0 saturated heterocycles. The molecule has 0 atom stereocenters. The van der Waals surface area contributed by atoms with Gasteiger partial charge in [0.2, 0.25) is 0 Å². The number of hydrogen-bond donors (Lipinski definition) is 2. The van der Waals surface area contributed by atoms with E-state index in [2.05, 4.69) is 10.6 Å². The van der Waals surface area contributed by atoms with Gasteiger partial charge in [-0.2, -0.15) is 0 Å². The van der Waals surface area contributed by atoms with Crippen LogP contribution in [0, 0.1) is 0 Å². The van der Waals surface area contributed by atoms with Gasteiger partial charge in [0.1, 0.15) is 5.75 Å². The minimum atomic E-state index is -0.728. The van der Waals surface area contributed by atoms with Gasteiger partial charge >= 0.3 is 5.97 Å². The van der Waals surface area contributed by atoms with Gasteiger partial charge in [0.25, 0.3) is 11.8 Å². The maximum Gasteiger partial charge on any atom is 0.340 e. The molecule has 7 nitrogen and oxygen atoms in total. The first kappa shape index (κ1) is 20.6. The zero-order chi connectivity index (χ0) is 21.3. The number of carbonyl (C=O) groups excluding carboxylic acids is 3. The lowest BCUT2D eigenvalue weighted by molar-refractivity contribution is -0.119. The van der Waals surface area contributed by atoms with Gasteiger partial charge in [-0.25, -0.2) is 4.79 Å². The SMILES string of the molecule is COc1ccccc1NC(=O)COC(=O)c1ccccc1NC(=O)c1ccccc1. The monoisotopic (exact) mass is 404 g/mol. The van der Waals surface area contributed by atoms with Crippen LogP contribution in [0.2, 0.25) is 0 Å². The summed E-state index contributed by atoms with van der Waals surface area (Å²) in [6.45, 7) is -0.488. The molecule has 0 aromatic heterocycles. The number of amides is 2. The molecule has 2 amide bonds. The average Bonchev–Trinajstić information content (AvgIpc) is 2.78. The molecule has 3 aromatic carbocycles. The Kier molecular flexibility index (Phi) is 6.78. The van der Waals surface area contributed by atoms with E-state index in [9.17, 15) is 14.4 Å². The van der Waals surface area contributed by atoms with Crippen molar-refractivity contribution in [3.05, 3.63) is 90.0 Å². The third kappa shape index (κ3) is 5.23. The molecule has 0 aliphatic carbocycles. The highest BCUT2D eigenvalue weighted by Gasteiger charge is 2.17. The van der Waals surface area contributed by atoms with Gasteiger partial charge in [-0.05, 0) is 36.4 Å². The summed E-state index contributed by atoms with van der Waals surface area (Å²) >= 11 is 0. The summed E-state index contributed by atoms with van der Waals surface area (Å²) in [6.07, 6.45) is 0. The predicted molar refractivity (Wildman–Crippen MR) is 113 cm³/mol. The van der Waals surface area contributed by atoms with E-state index in [0.29, 0.717) is 22.7 Å². The molecular formula is C23H20N2O5. The standard InChI is InChI=1S/C23H20N2O5/c1-29-20-14-8-7-13-19(20)24-21(26)15-30-23(28)17-11-5-6-12-18(17)25-22(27)16-9-3-2-4-10-16/h2-14H,15H2,1H3,(H,24,26)(H,25,27). The van der Waals surface area contributed by atoms with E-state index in [1.165, 1.54) is 13.2 Å². The topological polar surface area (TPSA) is 93.7 Å². The summed E-state index contributed by atoms with van der Waals surface area (Å²) in [5, 5.41) is 5.32. The van der Waals surface area contributed by atoms with Gasteiger partial charge < -0.3 is 20.1 Å². The predicted octanol–water partition coefficient (Wildman–Crippen LogP) is 3.74. The molecule has 30 heavy (non-hydrogen) atoms. The summed E-state index contributed by atoms with van der Waals surface area (Å²) in [7, 11) is 1.49. The van der Waals surface area contributed by atoms with Crippen molar-refractivity contribution in [2.24, 2.45) is 0 Å². The minimum absolute atomic E-state index is 0.145. The molecular weight excluding hydrogens is 384 g/mol. The van der Waals surface area contributed by atoms with Crippen LogP contribution in [-0.2, 0) is 9.53 Å².